The van der Waals surface area contributed by atoms with Crippen molar-refractivity contribution >= 4 is 0 Å². The number of likely N-dealkylation sites (tertiary alicyclic amines) is 1. The number of ether oxygens (including phenoxy) is 1. The van der Waals surface area contributed by atoms with Crippen molar-refractivity contribution in [3.63, 3.8) is 0 Å². The maximum atomic E-state index is 5.37. The molecule has 0 aliphatic carbocycles. The largest absolute Gasteiger partial charge is 0.383 e. The normalized spacial score (nSPS) is 19.6. The number of rotatable bonds is 5. The summed E-state index contributed by atoms with van der Waals surface area (Å²) < 4.78 is 10.5. The molecule has 0 spiro atoms. The van der Waals surface area contributed by atoms with Crippen LogP contribution in [0.4, 0.5) is 0 Å². The van der Waals surface area contributed by atoms with Gasteiger partial charge >= 0.3 is 0 Å². The van der Waals surface area contributed by atoms with Crippen molar-refractivity contribution in [2.24, 2.45) is 0 Å². The molecule has 3 rings (SSSR count). The van der Waals surface area contributed by atoms with Crippen LogP contribution >= 0.6 is 0 Å². The van der Waals surface area contributed by atoms with Crippen molar-refractivity contribution in [1.82, 2.24) is 25.2 Å². The molecule has 1 fully saturated rings. The smallest absolute Gasteiger partial charge is 0.231 e. The molecule has 3 heterocycles. The quantitative estimate of drug-likeness (QED) is 0.804. The van der Waals surface area contributed by atoms with Gasteiger partial charge in [0.15, 0.2) is 0 Å². The van der Waals surface area contributed by atoms with Crippen LogP contribution in [-0.4, -0.2) is 58.6 Å². The van der Waals surface area contributed by atoms with Crippen LogP contribution in [0.1, 0.15) is 18.2 Å². The van der Waals surface area contributed by atoms with Gasteiger partial charge in [-0.2, -0.15) is 10.1 Å². The molecule has 1 saturated heterocycles. The fourth-order valence-electron chi connectivity index (χ4n) is 2.38. The molecule has 7 heteroatoms. The van der Waals surface area contributed by atoms with Crippen molar-refractivity contribution in [2.75, 3.05) is 33.4 Å². The second-order valence-corrected chi connectivity index (χ2v) is 4.84. The van der Waals surface area contributed by atoms with Crippen molar-refractivity contribution in [3.8, 4) is 11.5 Å². The third-order valence-electron chi connectivity index (χ3n) is 3.48. The second-order valence-electron chi connectivity index (χ2n) is 4.84. The van der Waals surface area contributed by atoms with Gasteiger partial charge in [-0.3, -0.25) is 0 Å². The van der Waals surface area contributed by atoms with Gasteiger partial charge < -0.3 is 14.2 Å². The van der Waals surface area contributed by atoms with Crippen molar-refractivity contribution in [3.05, 3.63) is 24.2 Å². The monoisotopic (exact) mass is 275 g/mol. The highest BCUT2D eigenvalue weighted by atomic mass is 16.5. The van der Waals surface area contributed by atoms with E-state index in [1.807, 2.05) is 6.07 Å². The highest BCUT2D eigenvalue weighted by molar-refractivity contribution is 5.46. The zero-order valence-corrected chi connectivity index (χ0v) is 11.4. The van der Waals surface area contributed by atoms with E-state index in [0.717, 1.165) is 32.7 Å². The van der Waals surface area contributed by atoms with E-state index in [1.54, 1.807) is 19.4 Å². The van der Waals surface area contributed by atoms with E-state index in [-0.39, 0.29) is 0 Å². The Morgan fingerprint density at radius 1 is 1.50 bits per heavy atom. The highest BCUT2D eigenvalue weighted by Gasteiger charge is 2.28. The van der Waals surface area contributed by atoms with Crippen molar-refractivity contribution in [2.45, 2.75) is 12.3 Å². The lowest BCUT2D eigenvalue weighted by Gasteiger charge is -2.13. The Morgan fingerprint density at radius 2 is 2.45 bits per heavy atom. The zero-order valence-electron chi connectivity index (χ0n) is 11.4. The molecule has 2 aromatic rings. The average Bonchev–Trinajstić information content (AvgIpc) is 3.15. The summed E-state index contributed by atoms with van der Waals surface area (Å²) in [6, 6.07) is 3.63. The van der Waals surface area contributed by atoms with Gasteiger partial charge in [0.1, 0.15) is 5.69 Å². The first kappa shape index (κ1) is 13.1. The zero-order chi connectivity index (χ0) is 13.8. The molecule has 0 N–H and O–H groups in total. The summed E-state index contributed by atoms with van der Waals surface area (Å²) in [5, 5.41) is 11.8. The van der Waals surface area contributed by atoms with Crippen molar-refractivity contribution < 1.29 is 9.26 Å². The topological polar surface area (TPSA) is 77.2 Å². The van der Waals surface area contributed by atoms with Crippen LogP contribution in [-0.2, 0) is 4.74 Å². The molecule has 0 radical (unpaired) electrons. The molecular weight excluding hydrogens is 258 g/mol. The summed E-state index contributed by atoms with van der Waals surface area (Å²) in [6.45, 7) is 3.67. The number of nitrogens with zero attached hydrogens (tertiary/aromatic N) is 5. The minimum Gasteiger partial charge on any atom is -0.383 e. The van der Waals surface area contributed by atoms with Gasteiger partial charge in [-0.25, -0.2) is 0 Å². The minimum atomic E-state index is 0.296. The van der Waals surface area contributed by atoms with Crippen LogP contribution in [0.5, 0.6) is 0 Å². The number of aromatic nitrogens is 4. The first-order valence-electron chi connectivity index (χ1n) is 6.70. The van der Waals surface area contributed by atoms with E-state index < -0.39 is 0 Å². The molecule has 1 atom stereocenters. The molecule has 20 heavy (non-hydrogen) atoms. The van der Waals surface area contributed by atoms with E-state index in [9.17, 15) is 0 Å². The maximum absolute atomic E-state index is 5.37. The third kappa shape index (κ3) is 2.83. The van der Waals surface area contributed by atoms with Gasteiger partial charge in [-0.15, -0.1) is 5.10 Å². The van der Waals surface area contributed by atoms with Crippen LogP contribution in [0.3, 0.4) is 0 Å². The predicted molar refractivity (Wildman–Crippen MR) is 71.0 cm³/mol. The molecule has 2 aromatic heterocycles. The van der Waals surface area contributed by atoms with Crippen LogP contribution in [0.2, 0.25) is 0 Å². The van der Waals surface area contributed by atoms with Gasteiger partial charge in [0.05, 0.1) is 12.5 Å². The van der Waals surface area contributed by atoms with Crippen LogP contribution in [0, 0.1) is 0 Å². The SMILES string of the molecule is COCCN1CC[C@H](c2nc(-c3cccnn3)no2)C1. The first-order valence-corrected chi connectivity index (χ1v) is 6.70. The number of methoxy groups -OCH3 is 1. The van der Waals surface area contributed by atoms with E-state index >= 15 is 0 Å². The van der Waals surface area contributed by atoms with Gasteiger partial charge in [-0.05, 0) is 25.1 Å². The summed E-state index contributed by atoms with van der Waals surface area (Å²) in [7, 11) is 1.72. The highest BCUT2D eigenvalue weighted by Crippen LogP contribution is 2.26. The average molecular weight is 275 g/mol. The molecule has 7 nitrogen and oxygen atoms in total. The predicted octanol–water partition coefficient (Wildman–Crippen LogP) is 0.962. The maximum Gasteiger partial charge on any atom is 0.231 e. The van der Waals surface area contributed by atoms with E-state index in [2.05, 4.69) is 25.2 Å². The first-order chi connectivity index (χ1) is 9.86. The Kier molecular flexibility index (Phi) is 3.98. The van der Waals surface area contributed by atoms with Crippen LogP contribution < -0.4 is 0 Å². The van der Waals surface area contributed by atoms with Gasteiger partial charge in [0.2, 0.25) is 11.7 Å². The van der Waals surface area contributed by atoms with E-state index in [1.165, 1.54) is 0 Å². The van der Waals surface area contributed by atoms with E-state index in [0.29, 0.717) is 23.3 Å². The van der Waals surface area contributed by atoms with Crippen LogP contribution in [0.25, 0.3) is 11.5 Å². The molecule has 0 unspecified atom stereocenters. The molecule has 0 amide bonds. The Labute approximate surface area is 117 Å². The molecule has 0 bridgehead atoms. The fourth-order valence-corrected chi connectivity index (χ4v) is 2.38. The molecule has 0 aromatic carbocycles. The Morgan fingerprint density at radius 3 is 3.25 bits per heavy atom. The molecule has 1 aliphatic heterocycles. The molecule has 1 aliphatic rings. The fraction of sp³-hybridized carbons (Fsp3) is 0.538. The van der Waals surface area contributed by atoms with Gasteiger partial charge in [-0.1, -0.05) is 5.16 Å². The summed E-state index contributed by atoms with van der Waals surface area (Å²) in [6.07, 6.45) is 2.65. The lowest BCUT2D eigenvalue weighted by molar-refractivity contribution is 0.159. The van der Waals surface area contributed by atoms with E-state index in [4.69, 9.17) is 9.26 Å². The lowest BCUT2D eigenvalue weighted by atomic mass is 10.1. The van der Waals surface area contributed by atoms with Crippen LogP contribution in [0.15, 0.2) is 22.9 Å². The Balaban J connectivity index is 1.66. The molecule has 106 valence electrons. The summed E-state index contributed by atoms with van der Waals surface area (Å²) in [4.78, 5) is 6.79. The van der Waals surface area contributed by atoms with Gasteiger partial charge in [0.25, 0.3) is 0 Å². The summed E-state index contributed by atoms with van der Waals surface area (Å²) >= 11 is 0. The Hall–Kier alpha value is -1.86. The summed E-state index contributed by atoms with van der Waals surface area (Å²) in [5.74, 6) is 1.48. The Bertz CT molecular complexity index is 545. The lowest BCUT2D eigenvalue weighted by Crippen LogP contribution is -2.24. The number of hydrogen-bond acceptors (Lipinski definition) is 7. The van der Waals surface area contributed by atoms with Crippen molar-refractivity contribution in [1.29, 1.82) is 0 Å². The second kappa shape index (κ2) is 6.06. The standard InChI is InChI=1S/C13H17N5O2/c1-19-8-7-18-6-4-10(9-18)13-15-12(17-20-13)11-3-2-5-14-16-11/h2-3,5,10H,4,6-9H2,1H3/t10-/m0/s1. The molecule has 0 saturated carbocycles. The van der Waals surface area contributed by atoms with Gasteiger partial charge in [0, 0.05) is 26.4 Å². The third-order valence-corrected chi connectivity index (χ3v) is 3.48. The minimum absolute atomic E-state index is 0.296. The number of hydrogen-bond donors (Lipinski definition) is 0. The summed E-state index contributed by atoms with van der Waals surface area (Å²) in [5.41, 5.74) is 0.636. The molecular formula is C13H17N5O2.